The van der Waals surface area contributed by atoms with Gasteiger partial charge in [0.2, 0.25) is 11.5 Å². The molecule has 31 heavy (non-hydrogen) atoms. The molecule has 1 unspecified atom stereocenters. The zero-order chi connectivity index (χ0) is 22.6. The monoisotopic (exact) mass is 490 g/mol. The van der Waals surface area contributed by atoms with Gasteiger partial charge in [0.25, 0.3) is 0 Å². The molecule has 0 amide bonds. The first-order chi connectivity index (χ1) is 14.6. The summed E-state index contributed by atoms with van der Waals surface area (Å²) in [7, 11) is -6.00. The van der Waals surface area contributed by atoms with Crippen LogP contribution in [-0.2, 0) is 0 Å². The van der Waals surface area contributed by atoms with Crippen molar-refractivity contribution in [2.24, 2.45) is 5.10 Å². The minimum absolute atomic E-state index is 0.443. The van der Waals surface area contributed by atoms with Gasteiger partial charge < -0.3 is 17.3 Å². The highest BCUT2D eigenvalue weighted by molar-refractivity contribution is 6.50. The Morgan fingerprint density at radius 3 is 1.81 bits per heavy atom. The van der Waals surface area contributed by atoms with Crippen LogP contribution in [0.25, 0.3) is 0 Å². The number of para-hydroxylation sites is 1. The van der Waals surface area contributed by atoms with Crippen molar-refractivity contribution in [3.8, 4) is 0 Å². The van der Waals surface area contributed by atoms with Crippen molar-refractivity contribution < 1.29 is 22.4 Å². The molecule has 0 aromatic heterocycles. The molecule has 0 bridgehead atoms. The Kier molecular flexibility index (Phi) is 7.32. The summed E-state index contributed by atoms with van der Waals surface area (Å²) >= 11 is 19.0. The summed E-state index contributed by atoms with van der Waals surface area (Å²) < 4.78 is 39.0. The molecule has 2 N–H and O–H groups in total. The predicted molar refractivity (Wildman–Crippen MR) is 117 cm³/mol. The van der Waals surface area contributed by atoms with E-state index in [9.17, 15) is 17.3 Å². The summed E-state index contributed by atoms with van der Waals surface area (Å²) in [5, 5.41) is 8.62. The molecule has 0 aliphatic carbocycles. The van der Waals surface area contributed by atoms with E-state index in [1.54, 1.807) is 12.1 Å². The van der Waals surface area contributed by atoms with Crippen molar-refractivity contribution in [2.45, 2.75) is 0 Å². The number of hydrogen-bond donors (Lipinski definition) is 2. The van der Waals surface area contributed by atoms with Gasteiger partial charge in [0, 0.05) is 10.6 Å². The van der Waals surface area contributed by atoms with Crippen LogP contribution in [0.15, 0.2) is 77.9 Å². The summed E-state index contributed by atoms with van der Waals surface area (Å²) in [6, 6.07) is 23.0. The standard InChI is InChI=1S/C19H13Cl3N4.BF4/c20-14-11-16(21)18(17(22)12-14)26-24-19(13-7-3-1-4-8-13)23-25(26)15-9-5-2-6-10-15;2-1(3,4)5/h1-12H,(H,23,24);/q;-1/p+1. The van der Waals surface area contributed by atoms with Gasteiger partial charge in [0.1, 0.15) is 15.7 Å². The van der Waals surface area contributed by atoms with E-state index in [-0.39, 0.29) is 0 Å². The Hall–Kier alpha value is -2.46. The molecule has 1 atom stereocenters. The van der Waals surface area contributed by atoms with Crippen molar-refractivity contribution in [1.29, 1.82) is 0 Å². The van der Waals surface area contributed by atoms with Crippen molar-refractivity contribution in [3.63, 3.8) is 0 Å². The first-order valence-corrected chi connectivity index (χ1v) is 9.92. The van der Waals surface area contributed by atoms with E-state index >= 15 is 0 Å². The van der Waals surface area contributed by atoms with Gasteiger partial charge in [-0.15, -0.1) is 0 Å². The molecular formula is C19H14BCl3F4N4. The lowest BCUT2D eigenvalue weighted by molar-refractivity contribution is -0.846. The summed E-state index contributed by atoms with van der Waals surface area (Å²) in [4.78, 5) is 0. The zero-order valence-corrected chi connectivity index (χ0v) is 17.8. The topological polar surface area (TPSA) is 32.1 Å². The van der Waals surface area contributed by atoms with Crippen molar-refractivity contribution in [2.75, 3.05) is 5.12 Å². The number of benzene rings is 3. The second-order valence-electron chi connectivity index (χ2n) is 6.17. The van der Waals surface area contributed by atoms with Gasteiger partial charge in [-0.1, -0.05) is 93.6 Å². The summed E-state index contributed by atoms with van der Waals surface area (Å²) in [6.45, 7) is 0. The molecule has 4 nitrogen and oxygen atoms in total. The van der Waals surface area contributed by atoms with E-state index in [0.717, 1.165) is 11.3 Å². The number of nitrogens with one attached hydrogen (secondary N) is 2. The lowest BCUT2D eigenvalue weighted by atomic mass is 10.2. The first kappa shape index (κ1) is 23.2. The maximum Gasteiger partial charge on any atom is 0.673 e. The van der Waals surface area contributed by atoms with Gasteiger partial charge in [-0.2, -0.15) is 0 Å². The van der Waals surface area contributed by atoms with Crippen LogP contribution in [0.3, 0.4) is 0 Å². The number of quaternary nitrogens is 1. The highest BCUT2D eigenvalue weighted by atomic mass is 35.5. The summed E-state index contributed by atoms with van der Waals surface area (Å²) in [6.07, 6.45) is 0. The van der Waals surface area contributed by atoms with E-state index in [0.29, 0.717) is 31.7 Å². The van der Waals surface area contributed by atoms with E-state index in [1.165, 1.54) is 0 Å². The van der Waals surface area contributed by atoms with Crippen LogP contribution >= 0.6 is 34.8 Å². The molecule has 12 heteroatoms. The largest absolute Gasteiger partial charge is 0.673 e. The molecule has 3 aromatic rings. The minimum Gasteiger partial charge on any atom is -0.418 e. The molecule has 0 saturated heterocycles. The van der Waals surface area contributed by atoms with Crippen molar-refractivity contribution >= 4 is 59.3 Å². The lowest BCUT2D eigenvalue weighted by Crippen LogP contribution is -3.10. The Labute approximate surface area is 190 Å². The van der Waals surface area contributed by atoms with E-state index < -0.39 is 7.25 Å². The Balaban J connectivity index is 0.000000491. The second-order valence-corrected chi connectivity index (χ2v) is 7.42. The molecule has 162 valence electrons. The third-order valence-electron chi connectivity index (χ3n) is 3.94. The molecule has 4 rings (SSSR count). The highest BCUT2D eigenvalue weighted by Gasteiger charge is 2.35. The van der Waals surface area contributed by atoms with Gasteiger partial charge in [0.15, 0.2) is 0 Å². The summed E-state index contributed by atoms with van der Waals surface area (Å²) in [5.74, 6) is 0.714. The number of halogens is 7. The number of amidine groups is 1. The smallest absolute Gasteiger partial charge is 0.418 e. The predicted octanol–water partition coefficient (Wildman–Crippen LogP) is 5.76. The molecular weight excluding hydrogens is 477 g/mol. The van der Waals surface area contributed by atoms with Crippen LogP contribution in [0.5, 0.6) is 0 Å². The maximum absolute atomic E-state index is 9.75. The number of rotatable bonds is 3. The summed E-state index contributed by atoms with van der Waals surface area (Å²) in [5.41, 5.74) is 5.84. The third kappa shape index (κ3) is 6.27. The molecule has 1 aliphatic rings. The van der Waals surface area contributed by atoms with E-state index in [1.807, 2.05) is 65.8 Å². The average Bonchev–Trinajstić information content (AvgIpc) is 3.12. The van der Waals surface area contributed by atoms with Crippen molar-refractivity contribution in [1.82, 2.24) is 5.43 Å². The highest BCUT2D eigenvalue weighted by Crippen LogP contribution is 2.32. The van der Waals surface area contributed by atoms with Gasteiger partial charge in [-0.05, 0) is 29.4 Å². The maximum atomic E-state index is 9.75. The van der Waals surface area contributed by atoms with Crippen LogP contribution in [0.2, 0.25) is 15.1 Å². The lowest BCUT2D eigenvalue weighted by Gasteiger charge is -2.22. The van der Waals surface area contributed by atoms with Crippen LogP contribution in [0.1, 0.15) is 5.56 Å². The fraction of sp³-hybridized carbons (Fsp3) is 0. The normalized spacial score (nSPS) is 15.6. The molecule has 0 spiro atoms. The van der Waals surface area contributed by atoms with Crippen LogP contribution in [-0.4, -0.2) is 13.1 Å². The molecule has 1 aliphatic heterocycles. The SMILES string of the molecule is Clc1cc(Cl)c([NH+]2N=C(c3ccccc3)NN2c2ccccc2)c(Cl)c1.F[B-](F)(F)F. The first-order valence-electron chi connectivity index (χ1n) is 8.78. The van der Waals surface area contributed by atoms with Crippen molar-refractivity contribution in [3.05, 3.63) is 93.4 Å². The molecule has 0 radical (unpaired) electrons. The van der Waals surface area contributed by atoms with Crippen LogP contribution in [0, 0.1) is 0 Å². The Morgan fingerprint density at radius 2 is 1.29 bits per heavy atom. The van der Waals surface area contributed by atoms with Gasteiger partial charge in [-0.3, -0.25) is 0 Å². The van der Waals surface area contributed by atoms with E-state index in [4.69, 9.17) is 39.9 Å². The van der Waals surface area contributed by atoms with Gasteiger partial charge in [0.05, 0.1) is 0 Å². The number of hydrogen-bond acceptors (Lipinski definition) is 3. The quantitative estimate of drug-likeness (QED) is 0.361. The molecule has 0 fully saturated rings. The third-order valence-corrected chi connectivity index (χ3v) is 4.75. The number of anilines is 1. The molecule has 1 heterocycles. The van der Waals surface area contributed by atoms with Gasteiger partial charge >= 0.3 is 7.25 Å². The fourth-order valence-electron chi connectivity index (χ4n) is 2.75. The molecule has 3 aromatic carbocycles. The van der Waals surface area contributed by atoms with Crippen LogP contribution in [0.4, 0.5) is 28.6 Å². The second kappa shape index (κ2) is 9.78. The van der Waals surface area contributed by atoms with Gasteiger partial charge in [-0.25, -0.2) is 5.43 Å². The fourth-order valence-corrected chi connectivity index (χ4v) is 3.74. The Morgan fingerprint density at radius 1 is 0.806 bits per heavy atom. The number of hydrazine groups is 1. The Bertz CT molecular complexity index is 1040. The minimum atomic E-state index is -6.00. The zero-order valence-electron chi connectivity index (χ0n) is 15.5. The average molecular weight is 492 g/mol. The number of nitrogens with zero attached hydrogens (tertiary/aromatic N) is 2. The van der Waals surface area contributed by atoms with E-state index in [2.05, 4.69) is 5.43 Å². The molecule has 0 saturated carbocycles. The van der Waals surface area contributed by atoms with Crippen LogP contribution < -0.4 is 15.7 Å².